The average Bonchev–Trinajstić information content (AvgIpc) is 2.35. The molecular weight excluding hydrogens is 250 g/mol. The molecule has 2 unspecified atom stereocenters. The van der Waals surface area contributed by atoms with Gasteiger partial charge in [-0.2, -0.15) is 0 Å². The van der Waals surface area contributed by atoms with Gasteiger partial charge in [0.15, 0.2) is 0 Å². The van der Waals surface area contributed by atoms with Crippen molar-refractivity contribution in [2.75, 3.05) is 19.1 Å². The minimum absolute atomic E-state index is 0.259. The summed E-state index contributed by atoms with van der Waals surface area (Å²) >= 11 is 0. The van der Waals surface area contributed by atoms with Gasteiger partial charge in [-0.3, -0.25) is 4.21 Å². The van der Waals surface area contributed by atoms with Crippen molar-refractivity contribution in [1.82, 2.24) is 5.32 Å². The Hall–Kier alpha value is -1.07. The first-order chi connectivity index (χ1) is 8.52. The van der Waals surface area contributed by atoms with Crippen LogP contribution >= 0.6 is 0 Å². The van der Waals surface area contributed by atoms with E-state index >= 15 is 0 Å². The van der Waals surface area contributed by atoms with E-state index in [1.165, 1.54) is 0 Å². The lowest BCUT2D eigenvalue weighted by Crippen LogP contribution is -2.27. The fourth-order valence-electron chi connectivity index (χ4n) is 1.56. The highest BCUT2D eigenvalue weighted by atomic mass is 32.2. The zero-order chi connectivity index (χ0) is 13.5. The molecule has 0 aliphatic rings. The minimum Gasteiger partial charge on any atom is -0.508 e. The second-order valence-electron chi connectivity index (χ2n) is 4.34. The Morgan fingerprint density at radius 3 is 2.83 bits per heavy atom. The van der Waals surface area contributed by atoms with Gasteiger partial charge in [-0.25, -0.2) is 0 Å². The van der Waals surface area contributed by atoms with Gasteiger partial charge < -0.3 is 15.2 Å². The van der Waals surface area contributed by atoms with Crippen LogP contribution in [0.1, 0.15) is 18.9 Å². The SMILES string of the molecule is COc1ccc(O)c(CNC(C)CCS(C)=O)c1. The normalized spacial score (nSPS) is 14.2. The smallest absolute Gasteiger partial charge is 0.120 e. The number of methoxy groups -OCH3 is 1. The molecule has 0 bridgehead atoms. The monoisotopic (exact) mass is 271 g/mol. The van der Waals surface area contributed by atoms with Gasteiger partial charge in [-0.05, 0) is 31.5 Å². The van der Waals surface area contributed by atoms with Crippen molar-refractivity contribution in [1.29, 1.82) is 0 Å². The van der Waals surface area contributed by atoms with Crippen LogP contribution in [0.3, 0.4) is 0 Å². The third-order valence-electron chi connectivity index (χ3n) is 2.77. The summed E-state index contributed by atoms with van der Waals surface area (Å²) < 4.78 is 16.1. The van der Waals surface area contributed by atoms with E-state index in [0.717, 1.165) is 17.7 Å². The Morgan fingerprint density at radius 2 is 2.22 bits per heavy atom. The first-order valence-corrected chi connectivity index (χ1v) is 7.65. The number of benzene rings is 1. The number of nitrogens with one attached hydrogen (secondary N) is 1. The molecule has 1 rings (SSSR count). The summed E-state index contributed by atoms with van der Waals surface area (Å²) in [7, 11) is 0.847. The van der Waals surface area contributed by atoms with Crippen LogP contribution in [0.25, 0.3) is 0 Å². The highest BCUT2D eigenvalue weighted by Gasteiger charge is 2.06. The Morgan fingerprint density at radius 1 is 1.50 bits per heavy atom. The molecule has 0 radical (unpaired) electrons. The number of phenolic OH excluding ortho intramolecular Hbond substituents is 1. The predicted octanol–water partition coefficient (Wildman–Crippen LogP) is 1.65. The van der Waals surface area contributed by atoms with Gasteiger partial charge in [0.1, 0.15) is 11.5 Å². The van der Waals surface area contributed by atoms with Crippen LogP contribution in [0, 0.1) is 0 Å². The van der Waals surface area contributed by atoms with Crippen molar-refractivity contribution in [3.63, 3.8) is 0 Å². The topological polar surface area (TPSA) is 58.6 Å². The molecule has 0 saturated heterocycles. The van der Waals surface area contributed by atoms with Crippen LogP contribution in [0.4, 0.5) is 0 Å². The molecule has 5 heteroatoms. The van der Waals surface area contributed by atoms with Crippen LogP contribution in [0.5, 0.6) is 11.5 Å². The second-order valence-corrected chi connectivity index (χ2v) is 5.90. The number of hydrogen-bond donors (Lipinski definition) is 2. The van der Waals surface area contributed by atoms with Gasteiger partial charge in [-0.1, -0.05) is 0 Å². The summed E-state index contributed by atoms with van der Waals surface area (Å²) in [6.45, 7) is 2.62. The molecule has 0 spiro atoms. The van der Waals surface area contributed by atoms with E-state index in [2.05, 4.69) is 5.32 Å². The number of aromatic hydroxyl groups is 1. The molecular formula is C13H21NO3S. The maximum Gasteiger partial charge on any atom is 0.120 e. The lowest BCUT2D eigenvalue weighted by atomic mass is 10.1. The van der Waals surface area contributed by atoms with Crippen LogP contribution in [-0.2, 0) is 17.3 Å². The van der Waals surface area contributed by atoms with Gasteiger partial charge in [0, 0.05) is 41.0 Å². The van der Waals surface area contributed by atoms with E-state index in [-0.39, 0.29) is 11.8 Å². The summed E-state index contributed by atoms with van der Waals surface area (Å²) in [6.07, 6.45) is 2.56. The van der Waals surface area contributed by atoms with Crippen LogP contribution in [0.2, 0.25) is 0 Å². The molecule has 1 aromatic rings. The van der Waals surface area contributed by atoms with Gasteiger partial charge in [-0.15, -0.1) is 0 Å². The van der Waals surface area contributed by atoms with Gasteiger partial charge in [0.05, 0.1) is 7.11 Å². The van der Waals surface area contributed by atoms with Gasteiger partial charge in [0.2, 0.25) is 0 Å². The predicted molar refractivity (Wildman–Crippen MR) is 74.5 cm³/mol. The van der Waals surface area contributed by atoms with E-state index in [4.69, 9.17) is 4.74 Å². The lowest BCUT2D eigenvalue weighted by molar-refractivity contribution is 0.409. The summed E-state index contributed by atoms with van der Waals surface area (Å²) in [6, 6.07) is 5.43. The largest absolute Gasteiger partial charge is 0.508 e. The molecule has 0 fully saturated rings. The lowest BCUT2D eigenvalue weighted by Gasteiger charge is -2.14. The van der Waals surface area contributed by atoms with Gasteiger partial charge in [0.25, 0.3) is 0 Å². The Bertz CT molecular complexity index is 409. The van der Waals surface area contributed by atoms with E-state index in [0.29, 0.717) is 12.3 Å². The molecule has 0 aliphatic carbocycles. The molecule has 0 aromatic heterocycles. The Kier molecular flexibility index (Phi) is 6.15. The van der Waals surface area contributed by atoms with Crippen molar-refractivity contribution in [3.8, 4) is 11.5 Å². The van der Waals surface area contributed by atoms with E-state index in [1.807, 2.05) is 13.0 Å². The quantitative estimate of drug-likeness (QED) is 0.791. The Balaban J connectivity index is 2.49. The molecule has 2 atom stereocenters. The van der Waals surface area contributed by atoms with Crippen LogP contribution < -0.4 is 10.1 Å². The van der Waals surface area contributed by atoms with Gasteiger partial charge >= 0.3 is 0 Å². The number of phenols is 1. The van der Waals surface area contributed by atoms with Crippen molar-refractivity contribution < 1.29 is 14.1 Å². The summed E-state index contributed by atoms with van der Waals surface area (Å²) in [4.78, 5) is 0. The standard InChI is InChI=1S/C13H21NO3S/c1-10(6-7-18(3)16)14-9-11-8-12(17-2)4-5-13(11)15/h4-5,8,10,14-15H,6-7,9H2,1-3H3. The first-order valence-electron chi connectivity index (χ1n) is 5.92. The second kappa shape index (κ2) is 7.38. The molecule has 0 aliphatic heterocycles. The zero-order valence-corrected chi connectivity index (χ0v) is 11.9. The third kappa shape index (κ3) is 5.06. The molecule has 102 valence electrons. The maximum atomic E-state index is 11.0. The highest BCUT2D eigenvalue weighted by Crippen LogP contribution is 2.22. The van der Waals surface area contributed by atoms with Crippen LogP contribution in [-0.4, -0.2) is 34.5 Å². The highest BCUT2D eigenvalue weighted by molar-refractivity contribution is 7.84. The van der Waals surface area contributed by atoms with E-state index in [1.54, 1.807) is 25.5 Å². The van der Waals surface area contributed by atoms with E-state index in [9.17, 15) is 9.32 Å². The third-order valence-corrected chi connectivity index (χ3v) is 3.58. The fraction of sp³-hybridized carbons (Fsp3) is 0.538. The fourth-order valence-corrected chi connectivity index (χ4v) is 2.24. The molecule has 2 N–H and O–H groups in total. The zero-order valence-electron chi connectivity index (χ0n) is 11.1. The van der Waals surface area contributed by atoms with Crippen molar-refractivity contribution >= 4 is 10.8 Å². The minimum atomic E-state index is -0.753. The van der Waals surface area contributed by atoms with Crippen molar-refractivity contribution in [2.45, 2.75) is 25.9 Å². The Labute approximate surface area is 111 Å². The molecule has 0 saturated carbocycles. The van der Waals surface area contributed by atoms with Crippen molar-refractivity contribution in [2.24, 2.45) is 0 Å². The van der Waals surface area contributed by atoms with Crippen LogP contribution in [0.15, 0.2) is 18.2 Å². The molecule has 18 heavy (non-hydrogen) atoms. The van der Waals surface area contributed by atoms with Crippen molar-refractivity contribution in [3.05, 3.63) is 23.8 Å². The summed E-state index contributed by atoms with van der Waals surface area (Å²) in [5.41, 5.74) is 0.804. The first kappa shape index (κ1) is 15.0. The number of hydrogen-bond acceptors (Lipinski definition) is 4. The molecule has 4 nitrogen and oxygen atoms in total. The average molecular weight is 271 g/mol. The summed E-state index contributed by atoms with van der Waals surface area (Å²) in [5.74, 6) is 1.68. The van der Waals surface area contributed by atoms with E-state index < -0.39 is 10.8 Å². The summed E-state index contributed by atoms with van der Waals surface area (Å²) in [5, 5.41) is 13.0. The molecule has 0 heterocycles. The molecule has 1 aromatic carbocycles. The maximum absolute atomic E-state index is 11.0. The number of rotatable bonds is 7. The number of ether oxygens (including phenoxy) is 1. The molecule has 0 amide bonds.